The summed E-state index contributed by atoms with van der Waals surface area (Å²) in [6, 6.07) is 6.03. The summed E-state index contributed by atoms with van der Waals surface area (Å²) in [5.74, 6) is 1.69. The van der Waals surface area contributed by atoms with Crippen molar-refractivity contribution >= 4 is 11.6 Å². The van der Waals surface area contributed by atoms with E-state index in [0.717, 1.165) is 30.9 Å². The minimum Gasteiger partial charge on any atom is -0.491 e. The first-order valence-corrected chi connectivity index (χ1v) is 13.1. The summed E-state index contributed by atoms with van der Waals surface area (Å²) in [6.07, 6.45) is 19.4. The number of aliphatic hydroxyl groups is 1. The zero-order chi connectivity index (χ0) is 22.9. The van der Waals surface area contributed by atoms with Gasteiger partial charge in [0, 0.05) is 6.07 Å². The van der Waals surface area contributed by atoms with Crippen molar-refractivity contribution in [1.29, 1.82) is 0 Å². The Hall–Kier alpha value is -1.23. The zero-order valence-electron chi connectivity index (χ0n) is 19.9. The average Bonchev–Trinajstić information content (AvgIpc) is 3.63. The normalized spacial score (nSPS) is 16.4. The van der Waals surface area contributed by atoms with Gasteiger partial charge < -0.3 is 19.3 Å². The number of aliphatic hydroxyl groups excluding tert-OH is 1. The van der Waals surface area contributed by atoms with Gasteiger partial charge in [0.1, 0.15) is 36.9 Å². The highest BCUT2D eigenvalue weighted by Crippen LogP contribution is 2.26. The summed E-state index contributed by atoms with van der Waals surface area (Å²) in [5.41, 5.74) is 1.21. The summed E-state index contributed by atoms with van der Waals surface area (Å²) in [5, 5.41) is 9.67. The molecule has 0 saturated carbocycles. The Morgan fingerprint density at radius 1 is 0.969 bits per heavy atom. The van der Waals surface area contributed by atoms with E-state index in [2.05, 4.69) is 25.1 Å². The highest BCUT2D eigenvalue weighted by Gasteiger charge is 2.23. The SMILES string of the molecule is CCCCC/C=C/CCCCCCCCc1cc(OCC(O)CCl)cc(OCC2CO2)c1. The minimum absolute atomic E-state index is 0.164. The van der Waals surface area contributed by atoms with Crippen LogP contribution in [-0.4, -0.2) is 43.0 Å². The third-order valence-corrected chi connectivity index (χ3v) is 5.98. The molecule has 1 fully saturated rings. The van der Waals surface area contributed by atoms with Crippen molar-refractivity contribution in [3.63, 3.8) is 0 Å². The van der Waals surface area contributed by atoms with E-state index in [4.69, 9.17) is 25.8 Å². The van der Waals surface area contributed by atoms with Gasteiger partial charge in [-0.2, -0.15) is 0 Å². The van der Waals surface area contributed by atoms with E-state index in [1.54, 1.807) is 0 Å². The molecule has 0 aromatic heterocycles. The van der Waals surface area contributed by atoms with Crippen LogP contribution in [0.2, 0.25) is 0 Å². The van der Waals surface area contributed by atoms with Gasteiger partial charge in [-0.3, -0.25) is 0 Å². The van der Waals surface area contributed by atoms with Crippen LogP contribution in [0.15, 0.2) is 30.4 Å². The van der Waals surface area contributed by atoms with Crippen LogP contribution in [0.25, 0.3) is 0 Å². The van der Waals surface area contributed by atoms with Crippen LogP contribution in [0.1, 0.15) is 83.1 Å². The molecule has 2 unspecified atom stereocenters. The van der Waals surface area contributed by atoms with E-state index in [0.29, 0.717) is 6.61 Å². The maximum Gasteiger partial charge on any atom is 0.123 e. The Bertz CT molecular complexity index is 630. The summed E-state index contributed by atoms with van der Waals surface area (Å²) in [6.45, 7) is 3.79. The highest BCUT2D eigenvalue weighted by molar-refractivity contribution is 6.18. The van der Waals surface area contributed by atoms with Gasteiger partial charge in [-0.15, -0.1) is 11.6 Å². The number of aryl methyl sites for hydroxylation is 1. The molecule has 2 atom stereocenters. The maximum absolute atomic E-state index is 9.67. The first kappa shape index (κ1) is 27.0. The lowest BCUT2D eigenvalue weighted by Crippen LogP contribution is -2.19. The van der Waals surface area contributed by atoms with Crippen molar-refractivity contribution in [3.8, 4) is 11.5 Å². The summed E-state index contributed by atoms with van der Waals surface area (Å²) in [7, 11) is 0. The maximum atomic E-state index is 9.67. The summed E-state index contributed by atoms with van der Waals surface area (Å²) < 4.78 is 16.8. The Labute approximate surface area is 200 Å². The molecule has 1 aromatic carbocycles. The van der Waals surface area contributed by atoms with Crippen molar-refractivity contribution < 1.29 is 19.3 Å². The van der Waals surface area contributed by atoms with Crippen LogP contribution in [0, 0.1) is 0 Å². The van der Waals surface area contributed by atoms with E-state index in [-0.39, 0.29) is 18.6 Å². The number of epoxide rings is 1. The largest absolute Gasteiger partial charge is 0.491 e. The molecular weight excluding hydrogens is 424 g/mol. The first-order chi connectivity index (χ1) is 15.7. The topological polar surface area (TPSA) is 51.2 Å². The number of alkyl halides is 1. The van der Waals surface area contributed by atoms with Gasteiger partial charge in [-0.25, -0.2) is 0 Å². The van der Waals surface area contributed by atoms with Crippen LogP contribution in [0.4, 0.5) is 0 Å². The number of benzene rings is 1. The van der Waals surface area contributed by atoms with E-state index in [9.17, 15) is 5.11 Å². The van der Waals surface area contributed by atoms with Crippen LogP contribution in [0.5, 0.6) is 11.5 Å². The average molecular weight is 467 g/mol. The molecule has 1 heterocycles. The van der Waals surface area contributed by atoms with E-state index in [1.165, 1.54) is 69.8 Å². The Kier molecular flexibility index (Phi) is 14.6. The fraction of sp³-hybridized carbons (Fsp3) is 0.704. The standard InChI is InChI=1S/C27H43ClO4/c1-2-3-4-5-6-7-8-9-10-11-12-13-14-15-23-16-25(30-20-24(29)19-28)18-26(17-23)31-21-27-22-32-27/h6-7,16-18,24,27,29H,2-5,8-15,19-22H2,1H3/b7-6+. The van der Waals surface area contributed by atoms with Gasteiger partial charge in [0.2, 0.25) is 0 Å². The lowest BCUT2D eigenvalue weighted by molar-refractivity contribution is 0.125. The Morgan fingerprint density at radius 3 is 2.25 bits per heavy atom. The molecule has 1 aliphatic rings. The van der Waals surface area contributed by atoms with Crippen molar-refractivity contribution in [2.45, 2.75) is 96.2 Å². The molecule has 5 heteroatoms. The quantitative estimate of drug-likeness (QED) is 0.0987. The first-order valence-electron chi connectivity index (χ1n) is 12.6. The van der Waals surface area contributed by atoms with Crippen molar-refractivity contribution in [3.05, 3.63) is 35.9 Å². The molecule has 182 valence electrons. The molecule has 1 saturated heterocycles. The third kappa shape index (κ3) is 13.3. The zero-order valence-corrected chi connectivity index (χ0v) is 20.7. The predicted octanol–water partition coefficient (Wildman–Crippen LogP) is 6.85. The molecule has 1 aliphatic heterocycles. The van der Waals surface area contributed by atoms with Gasteiger partial charge in [-0.05, 0) is 56.2 Å². The lowest BCUT2D eigenvalue weighted by Gasteiger charge is -2.13. The van der Waals surface area contributed by atoms with Gasteiger partial charge in [0.15, 0.2) is 0 Å². The fourth-order valence-corrected chi connectivity index (χ4v) is 3.67. The molecular formula is C27H43ClO4. The number of allylic oxidation sites excluding steroid dienone is 2. The Balaban J connectivity index is 1.62. The number of rotatable bonds is 20. The second-order valence-electron chi connectivity index (χ2n) is 8.83. The smallest absolute Gasteiger partial charge is 0.123 e. The van der Waals surface area contributed by atoms with Crippen LogP contribution in [0.3, 0.4) is 0 Å². The molecule has 0 aliphatic carbocycles. The van der Waals surface area contributed by atoms with Crippen LogP contribution in [-0.2, 0) is 11.2 Å². The van der Waals surface area contributed by atoms with Gasteiger partial charge in [0.05, 0.1) is 12.5 Å². The van der Waals surface area contributed by atoms with Crippen molar-refractivity contribution in [1.82, 2.24) is 0 Å². The molecule has 0 bridgehead atoms. The summed E-state index contributed by atoms with van der Waals surface area (Å²) >= 11 is 5.67. The predicted molar refractivity (Wildman–Crippen MR) is 133 cm³/mol. The highest BCUT2D eigenvalue weighted by atomic mass is 35.5. The second-order valence-corrected chi connectivity index (χ2v) is 9.13. The van der Waals surface area contributed by atoms with Crippen LogP contribution >= 0.6 is 11.6 Å². The number of hydrogen-bond donors (Lipinski definition) is 1. The van der Waals surface area contributed by atoms with Crippen molar-refractivity contribution in [2.24, 2.45) is 0 Å². The summed E-state index contributed by atoms with van der Waals surface area (Å²) in [4.78, 5) is 0. The van der Waals surface area contributed by atoms with E-state index < -0.39 is 6.10 Å². The number of hydrogen-bond acceptors (Lipinski definition) is 4. The molecule has 0 radical (unpaired) electrons. The number of ether oxygens (including phenoxy) is 3. The number of unbranched alkanes of at least 4 members (excludes halogenated alkanes) is 9. The lowest BCUT2D eigenvalue weighted by atomic mass is 10.0. The fourth-order valence-electron chi connectivity index (χ4n) is 3.58. The molecule has 32 heavy (non-hydrogen) atoms. The molecule has 1 N–H and O–H groups in total. The number of halogens is 1. The molecule has 2 rings (SSSR count). The van der Waals surface area contributed by atoms with E-state index >= 15 is 0 Å². The molecule has 0 amide bonds. The van der Waals surface area contributed by atoms with Crippen LogP contribution < -0.4 is 9.47 Å². The monoisotopic (exact) mass is 466 g/mol. The molecule has 4 nitrogen and oxygen atoms in total. The molecule has 1 aromatic rings. The van der Waals surface area contributed by atoms with Gasteiger partial charge >= 0.3 is 0 Å². The van der Waals surface area contributed by atoms with E-state index in [1.807, 2.05) is 12.1 Å². The second kappa shape index (κ2) is 17.3. The van der Waals surface area contributed by atoms with Gasteiger partial charge in [-0.1, -0.05) is 57.6 Å². The van der Waals surface area contributed by atoms with Crippen molar-refractivity contribution in [2.75, 3.05) is 25.7 Å². The minimum atomic E-state index is -0.666. The Morgan fingerprint density at radius 2 is 1.59 bits per heavy atom. The third-order valence-electron chi connectivity index (χ3n) is 5.63. The molecule has 0 spiro atoms. The van der Waals surface area contributed by atoms with Gasteiger partial charge in [0.25, 0.3) is 0 Å².